The van der Waals surface area contributed by atoms with Crippen LogP contribution >= 0.6 is 11.3 Å². The van der Waals surface area contributed by atoms with Crippen LogP contribution in [-0.4, -0.2) is 44.2 Å². The summed E-state index contributed by atoms with van der Waals surface area (Å²) in [5, 5.41) is 9.37. The van der Waals surface area contributed by atoms with Crippen molar-refractivity contribution < 1.29 is 14.2 Å². The number of para-hydroxylation sites is 1. The highest BCUT2D eigenvalue weighted by Gasteiger charge is 2.14. The van der Waals surface area contributed by atoms with E-state index in [0.29, 0.717) is 33.4 Å². The van der Waals surface area contributed by atoms with Crippen molar-refractivity contribution in [2.75, 3.05) is 13.7 Å². The minimum absolute atomic E-state index is 0.0788. The van der Waals surface area contributed by atoms with Crippen molar-refractivity contribution in [2.45, 2.75) is 39.7 Å². The van der Waals surface area contributed by atoms with Gasteiger partial charge in [0.2, 0.25) is 4.96 Å². The van der Waals surface area contributed by atoms with Gasteiger partial charge in [0.1, 0.15) is 11.4 Å². The molecule has 0 radical (unpaired) electrons. The average Bonchev–Trinajstić information content (AvgIpc) is 3.75. The lowest BCUT2D eigenvalue weighted by atomic mass is 10.1. The zero-order valence-corrected chi connectivity index (χ0v) is 27.0. The lowest BCUT2D eigenvalue weighted by molar-refractivity contribution is 0.242. The first kappa shape index (κ1) is 30.8. The Hall–Kier alpha value is -5.22. The van der Waals surface area contributed by atoms with E-state index in [9.17, 15) is 4.79 Å². The molecule has 0 spiro atoms. The van der Waals surface area contributed by atoms with Crippen molar-refractivity contribution >= 4 is 34.5 Å². The van der Waals surface area contributed by atoms with E-state index < -0.39 is 0 Å². The molecule has 9 nitrogen and oxygen atoms in total. The van der Waals surface area contributed by atoms with Gasteiger partial charge in [0, 0.05) is 17.3 Å². The van der Waals surface area contributed by atoms with E-state index in [2.05, 4.69) is 17.0 Å². The van der Waals surface area contributed by atoms with Crippen molar-refractivity contribution in [3.05, 3.63) is 111 Å². The molecule has 6 rings (SSSR count). The number of hydrogen-bond acceptors (Lipinski definition) is 8. The number of ether oxygens (including phenoxy) is 3. The van der Waals surface area contributed by atoms with E-state index in [4.69, 9.17) is 19.3 Å². The quantitative estimate of drug-likeness (QED) is 0.139. The van der Waals surface area contributed by atoms with Crippen molar-refractivity contribution in [3.63, 3.8) is 0 Å². The zero-order valence-electron chi connectivity index (χ0n) is 26.2. The van der Waals surface area contributed by atoms with Gasteiger partial charge in [-0.15, -0.1) is 5.10 Å². The molecule has 6 aromatic rings. The molecule has 0 N–H and O–H groups in total. The highest BCUT2D eigenvalue weighted by Crippen LogP contribution is 2.29. The largest absolute Gasteiger partial charge is 0.493 e. The van der Waals surface area contributed by atoms with E-state index in [-0.39, 0.29) is 11.7 Å². The van der Waals surface area contributed by atoms with Gasteiger partial charge in [-0.3, -0.25) is 4.79 Å². The van der Waals surface area contributed by atoms with E-state index >= 15 is 0 Å². The van der Waals surface area contributed by atoms with Gasteiger partial charge in [0.05, 0.1) is 30.0 Å². The molecule has 3 heterocycles. The maximum Gasteiger partial charge on any atom is 0.291 e. The second-order valence-corrected chi connectivity index (χ2v) is 11.9. The summed E-state index contributed by atoms with van der Waals surface area (Å²) in [6.07, 6.45) is 9.58. The molecule has 10 heteroatoms. The number of benzene rings is 3. The summed E-state index contributed by atoms with van der Waals surface area (Å²) in [5.74, 6) is 2.60. The van der Waals surface area contributed by atoms with Crippen LogP contribution in [-0.2, 0) is 0 Å². The predicted octanol–water partition coefficient (Wildman–Crippen LogP) is 6.70. The van der Waals surface area contributed by atoms with Gasteiger partial charge in [-0.2, -0.15) is 14.6 Å². The van der Waals surface area contributed by atoms with Gasteiger partial charge in [-0.1, -0.05) is 55.0 Å². The Kier molecular flexibility index (Phi) is 9.25. The smallest absolute Gasteiger partial charge is 0.291 e. The Balaban J connectivity index is 1.30. The first-order chi connectivity index (χ1) is 22.4. The Morgan fingerprint density at radius 2 is 1.76 bits per heavy atom. The molecule has 0 aliphatic heterocycles. The Morgan fingerprint density at radius 3 is 2.48 bits per heavy atom. The third-order valence-corrected chi connectivity index (χ3v) is 8.07. The maximum atomic E-state index is 13.5. The Morgan fingerprint density at radius 1 is 0.957 bits per heavy atom. The van der Waals surface area contributed by atoms with Crippen LogP contribution in [0.15, 0.2) is 83.8 Å². The topological polar surface area (TPSA) is 92.8 Å². The number of fused-ring (bicyclic) bond motifs is 1. The fourth-order valence-electron chi connectivity index (χ4n) is 4.86. The molecule has 0 unspecified atom stereocenters. The third-order valence-electron chi connectivity index (χ3n) is 7.12. The van der Waals surface area contributed by atoms with Crippen molar-refractivity contribution in [3.8, 4) is 34.2 Å². The van der Waals surface area contributed by atoms with E-state index in [0.717, 1.165) is 46.7 Å². The van der Waals surface area contributed by atoms with Crippen molar-refractivity contribution in [1.82, 2.24) is 24.4 Å². The summed E-state index contributed by atoms with van der Waals surface area (Å²) >= 11 is 1.29. The van der Waals surface area contributed by atoms with E-state index in [1.165, 1.54) is 15.9 Å². The highest BCUT2D eigenvalue weighted by molar-refractivity contribution is 7.15. The van der Waals surface area contributed by atoms with Crippen LogP contribution in [0.25, 0.3) is 40.1 Å². The monoisotopic (exact) mass is 633 g/mol. The average molecular weight is 634 g/mol. The van der Waals surface area contributed by atoms with Crippen molar-refractivity contribution in [2.24, 2.45) is 0 Å². The predicted molar refractivity (Wildman–Crippen MR) is 183 cm³/mol. The molecule has 0 saturated heterocycles. The standard InChI is InChI=1S/C36H35N5O4S/c1-5-6-20-44-30-18-12-25(21-31(30)43-4)13-19-33-37-36-41(38-33)35(42)32(46-36)22-27-23-40(28-10-8-7-9-11-28)39-34(27)26-14-16-29(17-15-26)45-24(2)3/h7-19,21-24H,5-6,20H2,1-4H3/b19-13+,32-22-. The second kappa shape index (κ2) is 13.8. The summed E-state index contributed by atoms with van der Waals surface area (Å²) in [7, 11) is 1.62. The van der Waals surface area contributed by atoms with Crippen molar-refractivity contribution in [1.29, 1.82) is 0 Å². The molecule has 0 atom stereocenters. The zero-order chi connectivity index (χ0) is 32.0. The van der Waals surface area contributed by atoms with Crippen LogP contribution in [0.5, 0.6) is 17.2 Å². The second-order valence-electron chi connectivity index (χ2n) is 10.9. The molecule has 3 aromatic carbocycles. The lowest BCUT2D eigenvalue weighted by Crippen LogP contribution is -2.23. The van der Waals surface area contributed by atoms with Crippen LogP contribution in [0.1, 0.15) is 50.6 Å². The summed E-state index contributed by atoms with van der Waals surface area (Å²) in [5.41, 5.74) is 4.05. The number of rotatable bonds is 12. The summed E-state index contributed by atoms with van der Waals surface area (Å²) in [6.45, 7) is 6.76. The highest BCUT2D eigenvalue weighted by atomic mass is 32.1. The summed E-state index contributed by atoms with van der Waals surface area (Å²) in [4.78, 5) is 18.6. The molecule has 0 amide bonds. The summed E-state index contributed by atoms with van der Waals surface area (Å²) < 4.78 is 20.9. The van der Waals surface area contributed by atoms with Crippen LogP contribution < -0.4 is 24.3 Å². The van der Waals surface area contributed by atoms with Gasteiger partial charge < -0.3 is 14.2 Å². The molecule has 0 fully saturated rings. The van der Waals surface area contributed by atoms with Gasteiger partial charge in [-0.25, -0.2) is 4.68 Å². The number of thiazole rings is 1. The first-order valence-electron chi connectivity index (χ1n) is 15.2. The Bertz CT molecular complexity index is 2080. The lowest BCUT2D eigenvalue weighted by Gasteiger charge is -2.10. The minimum Gasteiger partial charge on any atom is -0.493 e. The van der Waals surface area contributed by atoms with Gasteiger partial charge >= 0.3 is 0 Å². The maximum absolute atomic E-state index is 13.5. The molecule has 0 aliphatic carbocycles. The number of methoxy groups -OCH3 is 1. The van der Waals surface area contributed by atoms with Crippen LogP contribution in [0.4, 0.5) is 0 Å². The van der Waals surface area contributed by atoms with E-state index in [1.807, 2.05) is 110 Å². The first-order valence-corrected chi connectivity index (χ1v) is 16.1. The van der Waals surface area contributed by atoms with Gasteiger partial charge in [-0.05, 0) is 86.5 Å². The van der Waals surface area contributed by atoms with Crippen LogP contribution in [0, 0.1) is 0 Å². The molecule has 0 bridgehead atoms. The van der Waals surface area contributed by atoms with Crippen LogP contribution in [0.3, 0.4) is 0 Å². The fourth-order valence-corrected chi connectivity index (χ4v) is 5.76. The number of hydrogen-bond donors (Lipinski definition) is 0. The number of aromatic nitrogens is 5. The molecule has 46 heavy (non-hydrogen) atoms. The number of unbranched alkanes of at least 4 members (excludes halogenated alkanes) is 1. The van der Waals surface area contributed by atoms with Gasteiger partial charge in [0.15, 0.2) is 17.3 Å². The van der Waals surface area contributed by atoms with E-state index in [1.54, 1.807) is 13.2 Å². The Labute approximate surface area is 271 Å². The molecule has 234 valence electrons. The molecular formula is C36H35N5O4S. The minimum atomic E-state index is -0.235. The molecule has 0 aliphatic rings. The molecular weight excluding hydrogens is 598 g/mol. The normalized spacial score (nSPS) is 12.1. The van der Waals surface area contributed by atoms with Gasteiger partial charge in [0.25, 0.3) is 5.56 Å². The summed E-state index contributed by atoms with van der Waals surface area (Å²) in [6, 6.07) is 23.5. The molecule has 0 saturated carbocycles. The number of nitrogens with zero attached hydrogens (tertiary/aromatic N) is 5. The van der Waals surface area contributed by atoms with Crippen LogP contribution in [0.2, 0.25) is 0 Å². The SMILES string of the molecule is CCCCOc1ccc(/C=C/c2nc3s/c(=C\c4cn(-c5ccccc5)nc4-c4ccc(OC(C)C)cc4)c(=O)n3n2)cc1OC. The molecule has 3 aromatic heterocycles. The fraction of sp³-hybridized carbons (Fsp3) is 0.222. The third kappa shape index (κ3) is 6.87.